The molecule has 2 unspecified atom stereocenters. The number of carbonyl (C=O) groups excluding carboxylic acids is 2. The highest BCUT2D eigenvalue weighted by atomic mass is 16.5. The molecule has 1 spiro atoms. The van der Waals surface area contributed by atoms with Gasteiger partial charge in [-0.3, -0.25) is 9.78 Å². The van der Waals surface area contributed by atoms with Crippen molar-refractivity contribution in [3.05, 3.63) is 35.7 Å². The van der Waals surface area contributed by atoms with E-state index in [1.165, 1.54) is 23.4 Å². The Labute approximate surface area is 190 Å². The number of piperidine rings is 1. The van der Waals surface area contributed by atoms with Gasteiger partial charge in [-0.1, -0.05) is 0 Å². The highest BCUT2D eigenvalue weighted by Crippen LogP contribution is 2.46. The van der Waals surface area contributed by atoms with Gasteiger partial charge in [0.25, 0.3) is 0 Å². The molecule has 3 aliphatic heterocycles. The highest BCUT2D eigenvalue weighted by molar-refractivity contribution is 5.94. The minimum Gasteiger partial charge on any atom is -0.456 e. The molecule has 2 atom stereocenters. The molecule has 0 saturated carbocycles. The lowest BCUT2D eigenvalue weighted by Crippen LogP contribution is -2.45. The summed E-state index contributed by atoms with van der Waals surface area (Å²) in [5.41, 5.74) is 1.28. The van der Waals surface area contributed by atoms with Crippen LogP contribution in [0.3, 0.4) is 0 Å². The maximum atomic E-state index is 13.4. The van der Waals surface area contributed by atoms with Gasteiger partial charge in [-0.2, -0.15) is 4.68 Å². The number of aliphatic hydroxyl groups excluding tert-OH is 1. The molecule has 12 nitrogen and oxygen atoms in total. The molecule has 0 aromatic carbocycles. The summed E-state index contributed by atoms with van der Waals surface area (Å²) in [6.07, 6.45) is 5.85. The zero-order valence-electron chi connectivity index (χ0n) is 18.6. The molecule has 12 heteroatoms. The molecule has 0 aliphatic carbocycles. The molecule has 0 bridgehead atoms. The first kappa shape index (κ1) is 21.6. The quantitative estimate of drug-likeness (QED) is 0.615. The number of hydrogen-bond acceptors (Lipinski definition) is 10. The Morgan fingerprint density at radius 2 is 2.03 bits per heavy atom. The van der Waals surface area contributed by atoms with E-state index in [-0.39, 0.29) is 24.5 Å². The fourth-order valence-electron chi connectivity index (χ4n) is 5.11. The van der Waals surface area contributed by atoms with Crippen LogP contribution in [0.25, 0.3) is 5.82 Å². The molecule has 1 N–H and O–H groups in total. The topological polar surface area (TPSA) is 139 Å². The second-order valence-corrected chi connectivity index (χ2v) is 9.03. The van der Waals surface area contributed by atoms with Crippen LogP contribution in [0.2, 0.25) is 0 Å². The van der Waals surface area contributed by atoms with Gasteiger partial charge in [0.05, 0.1) is 34.8 Å². The minimum atomic E-state index is -0.793. The first-order valence-electron chi connectivity index (χ1n) is 11.0. The average molecular weight is 454 g/mol. The molecule has 2 aromatic rings. The Hall–Kier alpha value is -3.25. The van der Waals surface area contributed by atoms with E-state index in [9.17, 15) is 14.7 Å². The third-order valence-electron chi connectivity index (χ3n) is 7.00. The lowest BCUT2D eigenvalue weighted by atomic mass is 9.76. The second kappa shape index (κ2) is 8.27. The Bertz CT molecular complexity index is 1080. The molecule has 0 radical (unpaired) electrons. The van der Waals surface area contributed by atoms with Crippen LogP contribution >= 0.6 is 0 Å². The van der Waals surface area contributed by atoms with Crippen LogP contribution in [0.15, 0.2) is 30.0 Å². The number of carbonyl (C=O) groups is 2. The molecule has 1 amide bonds. The van der Waals surface area contributed by atoms with Crippen molar-refractivity contribution in [2.24, 2.45) is 5.41 Å². The van der Waals surface area contributed by atoms with Crippen molar-refractivity contribution in [3.8, 4) is 5.82 Å². The van der Waals surface area contributed by atoms with Gasteiger partial charge in [-0.05, 0) is 56.6 Å². The smallest absolute Gasteiger partial charge is 0.336 e. The van der Waals surface area contributed by atoms with Crippen LogP contribution in [0.4, 0.5) is 0 Å². The van der Waals surface area contributed by atoms with Crippen LogP contribution in [0, 0.1) is 5.41 Å². The van der Waals surface area contributed by atoms with Crippen molar-refractivity contribution in [2.75, 3.05) is 26.2 Å². The Balaban J connectivity index is 1.20. The summed E-state index contributed by atoms with van der Waals surface area (Å²) in [5.74, 6) is 0.213. The van der Waals surface area contributed by atoms with E-state index in [0.717, 1.165) is 6.42 Å². The van der Waals surface area contributed by atoms with Crippen molar-refractivity contribution in [3.63, 3.8) is 0 Å². The number of cyclic esters (lactones) is 1. The van der Waals surface area contributed by atoms with Crippen LogP contribution in [-0.4, -0.2) is 89.2 Å². The SMILES string of the molecule is CC1=C(N2C(=O)C3(CCN(CC(O)c4cnc(-n5cnnn5)cn4)CC3)CC2C)COC1=O. The first-order chi connectivity index (χ1) is 15.9. The number of aliphatic hydroxyl groups is 1. The van der Waals surface area contributed by atoms with Crippen LogP contribution in [0.1, 0.15) is 44.9 Å². The lowest BCUT2D eigenvalue weighted by Gasteiger charge is -2.38. The molecule has 3 aliphatic rings. The van der Waals surface area contributed by atoms with Crippen molar-refractivity contribution >= 4 is 11.9 Å². The molecule has 5 heterocycles. The first-order valence-corrected chi connectivity index (χ1v) is 11.0. The number of β-amino-alcohol motifs (C(OH)–C–C–N with tert-alkyl or cyclic N) is 1. The van der Waals surface area contributed by atoms with Crippen LogP contribution in [0.5, 0.6) is 0 Å². The summed E-state index contributed by atoms with van der Waals surface area (Å²) in [7, 11) is 0. The van der Waals surface area contributed by atoms with Crippen molar-refractivity contribution in [1.29, 1.82) is 0 Å². The van der Waals surface area contributed by atoms with Gasteiger partial charge in [0, 0.05) is 12.6 Å². The predicted octanol–water partition coefficient (Wildman–Crippen LogP) is 0.0195. The summed E-state index contributed by atoms with van der Waals surface area (Å²) in [6.45, 7) is 5.73. The molecule has 2 fully saturated rings. The number of ether oxygens (including phenoxy) is 1. The summed E-state index contributed by atoms with van der Waals surface area (Å²) < 4.78 is 6.52. The van der Waals surface area contributed by atoms with Crippen molar-refractivity contribution in [1.82, 2.24) is 40.0 Å². The highest BCUT2D eigenvalue weighted by Gasteiger charge is 2.53. The van der Waals surface area contributed by atoms with Gasteiger partial charge in [0.1, 0.15) is 19.0 Å². The van der Waals surface area contributed by atoms with Gasteiger partial charge >= 0.3 is 5.97 Å². The number of likely N-dealkylation sites (tertiary alicyclic amines) is 2. The number of rotatable bonds is 5. The number of hydrogen-bond donors (Lipinski definition) is 1. The number of tetrazole rings is 1. The van der Waals surface area contributed by atoms with Crippen molar-refractivity contribution < 1.29 is 19.4 Å². The summed E-state index contributed by atoms with van der Waals surface area (Å²) in [6, 6.07) is 0.0306. The fourth-order valence-corrected chi connectivity index (χ4v) is 5.11. The summed E-state index contributed by atoms with van der Waals surface area (Å²) in [4.78, 5) is 37.7. The molecule has 33 heavy (non-hydrogen) atoms. The summed E-state index contributed by atoms with van der Waals surface area (Å²) in [5, 5.41) is 21.6. The fraction of sp³-hybridized carbons (Fsp3) is 0.571. The third kappa shape index (κ3) is 3.78. The normalized spacial score (nSPS) is 24.1. The maximum absolute atomic E-state index is 13.4. The maximum Gasteiger partial charge on any atom is 0.336 e. The zero-order valence-corrected chi connectivity index (χ0v) is 18.6. The third-order valence-corrected chi connectivity index (χ3v) is 7.00. The van der Waals surface area contributed by atoms with E-state index in [4.69, 9.17) is 4.74 Å². The number of nitrogens with zero attached hydrogens (tertiary/aromatic N) is 8. The molecular formula is C21H26N8O4. The average Bonchev–Trinajstić information content (AvgIpc) is 3.52. The summed E-state index contributed by atoms with van der Waals surface area (Å²) >= 11 is 0. The Morgan fingerprint density at radius 1 is 1.24 bits per heavy atom. The Morgan fingerprint density at radius 3 is 2.64 bits per heavy atom. The predicted molar refractivity (Wildman–Crippen MR) is 112 cm³/mol. The molecule has 2 saturated heterocycles. The molecular weight excluding hydrogens is 428 g/mol. The molecule has 2 aromatic heterocycles. The van der Waals surface area contributed by atoms with Gasteiger partial charge < -0.3 is 19.6 Å². The standard InChI is InChI=1S/C21H26N8O4/c1-13-7-21(20(32)29(13)16-11-33-19(31)14(16)2)3-5-27(6-4-21)10-17(30)15-8-23-18(9-22-15)28-12-24-25-26-28/h8-9,12-13,17,30H,3-7,10-11H2,1-2H3. The number of aromatic nitrogens is 6. The minimum absolute atomic E-state index is 0.0306. The van der Waals surface area contributed by atoms with E-state index in [1.807, 2.05) is 6.92 Å². The van der Waals surface area contributed by atoms with E-state index in [0.29, 0.717) is 55.3 Å². The van der Waals surface area contributed by atoms with Crippen LogP contribution in [-0.2, 0) is 14.3 Å². The van der Waals surface area contributed by atoms with E-state index in [2.05, 4.69) is 30.4 Å². The second-order valence-electron chi connectivity index (χ2n) is 9.03. The van der Waals surface area contributed by atoms with Gasteiger partial charge in [0.15, 0.2) is 5.82 Å². The molecule has 174 valence electrons. The van der Waals surface area contributed by atoms with Gasteiger partial charge in [0.2, 0.25) is 5.91 Å². The van der Waals surface area contributed by atoms with E-state index < -0.39 is 11.5 Å². The van der Waals surface area contributed by atoms with Gasteiger partial charge in [-0.15, -0.1) is 5.10 Å². The van der Waals surface area contributed by atoms with E-state index >= 15 is 0 Å². The lowest BCUT2D eigenvalue weighted by molar-refractivity contribution is -0.139. The largest absolute Gasteiger partial charge is 0.456 e. The van der Waals surface area contributed by atoms with Gasteiger partial charge in [-0.25, -0.2) is 9.78 Å². The number of esters is 1. The molecule has 5 rings (SSSR count). The van der Waals surface area contributed by atoms with Crippen molar-refractivity contribution in [2.45, 2.75) is 45.3 Å². The van der Waals surface area contributed by atoms with E-state index in [1.54, 1.807) is 11.8 Å². The Kier molecular flexibility index (Phi) is 5.41. The number of amides is 1. The monoisotopic (exact) mass is 454 g/mol. The van der Waals surface area contributed by atoms with Crippen LogP contribution < -0.4 is 0 Å². The zero-order chi connectivity index (χ0) is 23.2.